The number of halogens is 1. The maximum Gasteiger partial charge on any atom is 0.253 e. The van der Waals surface area contributed by atoms with Crippen molar-refractivity contribution in [2.24, 2.45) is 0 Å². The molecular weight excluding hydrogens is 464 g/mol. The number of ether oxygens (including phenoxy) is 1. The van der Waals surface area contributed by atoms with Gasteiger partial charge in [-0.05, 0) is 68.8 Å². The van der Waals surface area contributed by atoms with Gasteiger partial charge in [0.2, 0.25) is 5.95 Å². The Morgan fingerprint density at radius 3 is 2.34 bits per heavy atom. The number of hydrogen-bond acceptors (Lipinski definition) is 6. The van der Waals surface area contributed by atoms with Crippen molar-refractivity contribution in [2.75, 3.05) is 18.4 Å². The van der Waals surface area contributed by atoms with Gasteiger partial charge in [0, 0.05) is 53.6 Å². The average Bonchev–Trinajstić information content (AvgIpc) is 2.80. The molecule has 180 valence electrons. The van der Waals surface area contributed by atoms with Crippen LogP contribution in [0.4, 0.5) is 11.6 Å². The molecule has 1 aromatic heterocycles. The van der Waals surface area contributed by atoms with Crippen LogP contribution in [0.5, 0.6) is 5.75 Å². The Morgan fingerprint density at radius 2 is 1.69 bits per heavy atom. The maximum atomic E-state index is 13.1. The second-order valence-corrected chi connectivity index (χ2v) is 9.86. The molecule has 0 aliphatic carbocycles. The molecule has 5 rings (SSSR count). The first-order valence-corrected chi connectivity index (χ1v) is 12.1. The fourth-order valence-corrected chi connectivity index (χ4v) is 4.96. The number of nitrogens with zero attached hydrogens (tertiary/aromatic N) is 3. The lowest BCUT2D eigenvalue weighted by atomic mass is 9.82. The highest BCUT2D eigenvalue weighted by molar-refractivity contribution is 6.31. The molecule has 0 bridgehead atoms. The van der Waals surface area contributed by atoms with Crippen molar-refractivity contribution in [3.8, 4) is 5.75 Å². The summed E-state index contributed by atoms with van der Waals surface area (Å²) in [5, 5.41) is 3.76. The second kappa shape index (κ2) is 8.96. The zero-order chi connectivity index (χ0) is 24.7. The molecular formula is C27H27ClN4O3. The molecule has 3 aromatic rings. The first-order chi connectivity index (χ1) is 16.7. The van der Waals surface area contributed by atoms with Crippen LogP contribution < -0.4 is 10.1 Å². The van der Waals surface area contributed by atoms with E-state index in [4.69, 9.17) is 16.3 Å². The minimum Gasteiger partial charge on any atom is -0.486 e. The number of Topliss-reactive ketones (excluding diaryl/α,β-unsaturated/α-hetero) is 1. The second-order valence-electron chi connectivity index (χ2n) is 9.45. The Balaban J connectivity index is 1.24. The summed E-state index contributed by atoms with van der Waals surface area (Å²) in [6.45, 7) is 6.81. The summed E-state index contributed by atoms with van der Waals surface area (Å²) in [5.74, 6) is 1.14. The third-order valence-electron chi connectivity index (χ3n) is 6.70. The molecule has 1 spiro atoms. The number of carbonyl (C=O) groups is 2. The monoisotopic (exact) mass is 490 g/mol. The molecule has 3 heterocycles. The molecule has 8 heteroatoms. The molecule has 35 heavy (non-hydrogen) atoms. The van der Waals surface area contributed by atoms with Crippen molar-refractivity contribution in [1.29, 1.82) is 0 Å². The molecule has 0 atom stereocenters. The molecule has 1 saturated heterocycles. The van der Waals surface area contributed by atoms with E-state index in [0.29, 0.717) is 60.2 Å². The van der Waals surface area contributed by atoms with Crippen molar-refractivity contribution in [1.82, 2.24) is 14.9 Å². The number of hydrogen-bond donors (Lipinski definition) is 1. The van der Waals surface area contributed by atoms with Crippen molar-refractivity contribution >= 4 is 34.9 Å². The van der Waals surface area contributed by atoms with Gasteiger partial charge in [0.05, 0.1) is 12.0 Å². The first kappa shape index (κ1) is 23.3. The fourth-order valence-electron chi connectivity index (χ4n) is 4.80. The molecule has 2 aliphatic rings. The van der Waals surface area contributed by atoms with Crippen molar-refractivity contribution in [3.05, 3.63) is 75.6 Å². The van der Waals surface area contributed by atoms with Crippen LogP contribution in [0, 0.1) is 20.8 Å². The van der Waals surface area contributed by atoms with Crippen LogP contribution >= 0.6 is 11.6 Å². The van der Waals surface area contributed by atoms with E-state index in [-0.39, 0.29) is 11.7 Å². The predicted molar refractivity (Wildman–Crippen MR) is 135 cm³/mol. The summed E-state index contributed by atoms with van der Waals surface area (Å²) in [7, 11) is 0. The molecule has 1 N–H and O–H groups in total. The minimum atomic E-state index is -0.569. The Hall–Kier alpha value is -3.45. The fraction of sp³-hybridized carbons (Fsp3) is 0.333. The number of aromatic nitrogens is 2. The lowest BCUT2D eigenvalue weighted by molar-refractivity contribution is -0.00573. The van der Waals surface area contributed by atoms with Crippen LogP contribution in [-0.2, 0) is 0 Å². The molecule has 0 radical (unpaired) electrons. The number of anilines is 2. The van der Waals surface area contributed by atoms with Crippen LogP contribution in [0.15, 0.2) is 42.5 Å². The van der Waals surface area contributed by atoms with E-state index in [9.17, 15) is 9.59 Å². The van der Waals surface area contributed by atoms with E-state index in [1.54, 1.807) is 18.2 Å². The number of benzene rings is 2. The number of piperidine rings is 1. The van der Waals surface area contributed by atoms with Crippen LogP contribution in [-0.4, -0.2) is 45.2 Å². The zero-order valence-electron chi connectivity index (χ0n) is 20.0. The summed E-state index contributed by atoms with van der Waals surface area (Å²) in [5.41, 5.74) is 4.06. The van der Waals surface area contributed by atoms with E-state index in [2.05, 4.69) is 15.3 Å². The van der Waals surface area contributed by atoms with Crippen molar-refractivity contribution in [2.45, 2.75) is 45.6 Å². The minimum absolute atomic E-state index is 0.0285. The number of amides is 1. The van der Waals surface area contributed by atoms with Gasteiger partial charge in [0.1, 0.15) is 11.4 Å². The predicted octanol–water partition coefficient (Wildman–Crippen LogP) is 5.44. The number of aryl methyl sites for hydroxylation is 3. The van der Waals surface area contributed by atoms with Gasteiger partial charge in [0.15, 0.2) is 5.78 Å². The van der Waals surface area contributed by atoms with Gasteiger partial charge < -0.3 is 15.0 Å². The third-order valence-corrected chi connectivity index (χ3v) is 7.11. The van der Waals surface area contributed by atoms with Gasteiger partial charge in [-0.3, -0.25) is 9.59 Å². The largest absolute Gasteiger partial charge is 0.486 e. The summed E-state index contributed by atoms with van der Waals surface area (Å²) in [6, 6.07) is 12.8. The lowest BCUT2D eigenvalue weighted by Crippen LogP contribution is -2.52. The zero-order valence-corrected chi connectivity index (χ0v) is 20.8. The van der Waals surface area contributed by atoms with Gasteiger partial charge in [-0.1, -0.05) is 11.6 Å². The Bertz CT molecular complexity index is 1290. The molecule has 2 aromatic carbocycles. The first-order valence-electron chi connectivity index (χ1n) is 11.7. The quantitative estimate of drug-likeness (QED) is 0.526. The maximum absolute atomic E-state index is 13.1. The smallest absolute Gasteiger partial charge is 0.253 e. The van der Waals surface area contributed by atoms with E-state index < -0.39 is 5.60 Å². The molecule has 7 nitrogen and oxygen atoms in total. The number of rotatable bonds is 3. The summed E-state index contributed by atoms with van der Waals surface area (Å²) in [4.78, 5) is 36.6. The normalized spacial score (nSPS) is 16.6. The highest BCUT2D eigenvalue weighted by Gasteiger charge is 2.44. The standard InChI is InChI=1S/C27H27ClN4O3/c1-16-12-24-21(14-22(16)28)23(33)15-27(35-24)8-10-32(11-9-27)25(34)19-4-6-20(7-5-19)31-26-29-17(2)13-18(3)30-26/h4-7,12-14H,8-11,15H2,1-3H3,(H,29,30,31). The molecule has 2 aliphatic heterocycles. The Labute approximate surface area is 209 Å². The van der Waals surface area contributed by atoms with E-state index >= 15 is 0 Å². The van der Waals surface area contributed by atoms with Gasteiger partial charge in [-0.15, -0.1) is 0 Å². The van der Waals surface area contributed by atoms with Gasteiger partial charge in [-0.2, -0.15) is 0 Å². The highest BCUT2D eigenvalue weighted by Crippen LogP contribution is 2.41. The Kier molecular flexibility index (Phi) is 5.97. The number of likely N-dealkylation sites (tertiary alicyclic amines) is 1. The topological polar surface area (TPSA) is 84.4 Å². The van der Waals surface area contributed by atoms with E-state index in [1.165, 1.54) is 0 Å². The Morgan fingerprint density at radius 1 is 1.03 bits per heavy atom. The summed E-state index contributed by atoms with van der Waals surface area (Å²) >= 11 is 6.20. The van der Waals surface area contributed by atoms with Crippen molar-refractivity contribution in [3.63, 3.8) is 0 Å². The van der Waals surface area contributed by atoms with Gasteiger partial charge in [0.25, 0.3) is 5.91 Å². The number of carbonyl (C=O) groups excluding carboxylic acids is 2. The van der Waals surface area contributed by atoms with Crippen LogP contribution in [0.3, 0.4) is 0 Å². The molecule has 0 saturated carbocycles. The van der Waals surface area contributed by atoms with Gasteiger partial charge >= 0.3 is 0 Å². The van der Waals surface area contributed by atoms with E-state index in [0.717, 1.165) is 22.6 Å². The van der Waals surface area contributed by atoms with Crippen LogP contribution in [0.1, 0.15) is 56.9 Å². The van der Waals surface area contributed by atoms with Crippen molar-refractivity contribution < 1.29 is 14.3 Å². The molecule has 1 fully saturated rings. The summed E-state index contributed by atoms with van der Waals surface area (Å²) < 4.78 is 6.35. The molecule has 0 unspecified atom stereocenters. The third kappa shape index (κ3) is 4.73. The number of ketones is 1. The lowest BCUT2D eigenvalue weighted by Gasteiger charge is -2.44. The highest BCUT2D eigenvalue weighted by atomic mass is 35.5. The summed E-state index contributed by atoms with van der Waals surface area (Å²) in [6.07, 6.45) is 1.52. The molecule has 1 amide bonds. The van der Waals surface area contributed by atoms with Crippen LogP contribution in [0.25, 0.3) is 0 Å². The van der Waals surface area contributed by atoms with E-state index in [1.807, 2.05) is 49.9 Å². The average molecular weight is 491 g/mol. The SMILES string of the molecule is Cc1cc(C)nc(Nc2ccc(C(=O)N3CCC4(CC3)CC(=O)c3cc(Cl)c(C)cc3O4)cc2)n1. The van der Waals surface area contributed by atoms with Gasteiger partial charge in [-0.25, -0.2) is 9.97 Å². The van der Waals surface area contributed by atoms with Crippen LogP contribution in [0.2, 0.25) is 5.02 Å². The number of fused-ring (bicyclic) bond motifs is 1. The number of nitrogens with one attached hydrogen (secondary N) is 1.